The van der Waals surface area contributed by atoms with E-state index in [0.717, 1.165) is 22.5 Å². The Balaban J connectivity index is 2.36. The molecule has 2 rings (SSSR count). The molecule has 0 radical (unpaired) electrons. The third kappa shape index (κ3) is 4.02. The molecule has 122 valence electrons. The molecule has 0 unspecified atom stereocenters. The van der Waals surface area contributed by atoms with Gasteiger partial charge in [-0.2, -0.15) is 0 Å². The van der Waals surface area contributed by atoms with Gasteiger partial charge in [0.2, 0.25) is 0 Å². The summed E-state index contributed by atoms with van der Waals surface area (Å²) in [5, 5.41) is 2.95. The molecule has 2 aromatic rings. The van der Waals surface area contributed by atoms with Crippen molar-refractivity contribution < 1.29 is 9.53 Å². The number of carbonyl (C=O) groups is 1. The number of alkyl halides is 1. The number of amides is 1. The highest BCUT2D eigenvalue weighted by Gasteiger charge is 2.18. The number of anilines is 1. The molecule has 4 nitrogen and oxygen atoms in total. The van der Waals surface area contributed by atoms with Crippen molar-refractivity contribution in [3.8, 4) is 5.75 Å². The number of nitrogens with one attached hydrogen (secondary N) is 1. The van der Waals surface area contributed by atoms with Gasteiger partial charge in [0.25, 0.3) is 5.91 Å². The van der Waals surface area contributed by atoms with Crippen molar-refractivity contribution >= 4 is 23.2 Å². The van der Waals surface area contributed by atoms with E-state index in [1.165, 1.54) is 0 Å². The van der Waals surface area contributed by atoms with Crippen LogP contribution < -0.4 is 10.1 Å². The quantitative estimate of drug-likeness (QED) is 0.835. The monoisotopic (exact) mass is 332 g/mol. The third-order valence-corrected chi connectivity index (χ3v) is 3.86. The van der Waals surface area contributed by atoms with E-state index in [-0.39, 0.29) is 5.91 Å². The van der Waals surface area contributed by atoms with Crippen LogP contribution in [-0.4, -0.2) is 23.4 Å². The Kier molecular flexibility index (Phi) is 5.61. The average Bonchev–Trinajstić information content (AvgIpc) is 2.49. The van der Waals surface area contributed by atoms with Gasteiger partial charge in [0.1, 0.15) is 17.9 Å². The number of aryl methyl sites for hydroxylation is 3. The van der Waals surface area contributed by atoms with Crippen LogP contribution in [-0.2, 0) is 0 Å². The molecule has 0 bridgehead atoms. The lowest BCUT2D eigenvalue weighted by molar-refractivity contribution is 0.102. The van der Waals surface area contributed by atoms with Crippen LogP contribution in [0.1, 0.15) is 32.9 Å². The highest BCUT2D eigenvalue weighted by atomic mass is 35.5. The summed E-state index contributed by atoms with van der Waals surface area (Å²) in [6.07, 6.45) is 0. The van der Waals surface area contributed by atoms with Gasteiger partial charge < -0.3 is 10.1 Å². The van der Waals surface area contributed by atoms with E-state index in [1.807, 2.05) is 39.0 Å². The van der Waals surface area contributed by atoms with Crippen molar-refractivity contribution in [1.29, 1.82) is 0 Å². The topological polar surface area (TPSA) is 51.2 Å². The lowest BCUT2D eigenvalue weighted by Gasteiger charge is -2.15. The highest BCUT2D eigenvalue weighted by Crippen LogP contribution is 2.25. The fourth-order valence-corrected chi connectivity index (χ4v) is 2.48. The molecular weight excluding hydrogens is 312 g/mol. The lowest BCUT2D eigenvalue weighted by Crippen LogP contribution is -2.17. The number of rotatable bonds is 5. The first-order valence-electron chi connectivity index (χ1n) is 7.48. The zero-order valence-corrected chi connectivity index (χ0v) is 14.6. The van der Waals surface area contributed by atoms with E-state index >= 15 is 0 Å². The molecule has 0 fully saturated rings. The number of aromatic nitrogens is 1. The maximum atomic E-state index is 12.7. The zero-order chi connectivity index (χ0) is 17.0. The molecule has 0 spiro atoms. The largest absolute Gasteiger partial charge is 0.491 e. The van der Waals surface area contributed by atoms with Crippen LogP contribution in [0, 0.1) is 27.7 Å². The van der Waals surface area contributed by atoms with Crippen molar-refractivity contribution in [3.63, 3.8) is 0 Å². The molecule has 5 heteroatoms. The normalized spacial score (nSPS) is 10.5. The van der Waals surface area contributed by atoms with Gasteiger partial charge in [-0.05, 0) is 44.9 Å². The lowest BCUT2D eigenvalue weighted by atomic mass is 10.1. The molecule has 0 saturated carbocycles. The standard InChI is InChI=1S/C18H21ClN2O2/c1-11-6-5-7-15(13(11)3)21-18(22)17-14(4)20-12(2)10-16(17)23-9-8-19/h5-7,10H,8-9H2,1-4H3,(H,21,22). The first kappa shape index (κ1) is 17.3. The van der Waals surface area contributed by atoms with Crippen LogP contribution in [0.3, 0.4) is 0 Å². The van der Waals surface area contributed by atoms with Crippen LogP contribution in [0.25, 0.3) is 0 Å². The molecule has 23 heavy (non-hydrogen) atoms. The van der Waals surface area contributed by atoms with E-state index in [9.17, 15) is 4.79 Å². The number of benzene rings is 1. The smallest absolute Gasteiger partial charge is 0.261 e. The maximum absolute atomic E-state index is 12.7. The Hall–Kier alpha value is -2.07. The van der Waals surface area contributed by atoms with Crippen molar-refractivity contribution in [2.24, 2.45) is 0 Å². The summed E-state index contributed by atoms with van der Waals surface area (Å²) in [5.41, 5.74) is 4.84. The second-order valence-electron chi connectivity index (χ2n) is 5.46. The number of hydrogen-bond acceptors (Lipinski definition) is 3. The van der Waals surface area contributed by atoms with Gasteiger partial charge in [-0.3, -0.25) is 9.78 Å². The minimum atomic E-state index is -0.228. The molecule has 1 heterocycles. The Labute approximate surface area is 141 Å². The molecule has 0 aliphatic carbocycles. The fourth-order valence-electron chi connectivity index (χ4n) is 2.40. The Morgan fingerprint density at radius 2 is 2.00 bits per heavy atom. The molecule has 1 amide bonds. The molecule has 0 aliphatic rings. The minimum Gasteiger partial charge on any atom is -0.491 e. The summed E-state index contributed by atoms with van der Waals surface area (Å²) in [6, 6.07) is 7.58. The van der Waals surface area contributed by atoms with Gasteiger partial charge >= 0.3 is 0 Å². The number of hydrogen-bond donors (Lipinski definition) is 1. The molecule has 0 atom stereocenters. The van der Waals surface area contributed by atoms with Gasteiger partial charge in [0, 0.05) is 17.4 Å². The predicted octanol–water partition coefficient (Wildman–Crippen LogP) is 4.19. The van der Waals surface area contributed by atoms with Crippen LogP contribution in [0.15, 0.2) is 24.3 Å². The first-order chi connectivity index (χ1) is 10.9. The second kappa shape index (κ2) is 7.47. The van der Waals surface area contributed by atoms with Gasteiger partial charge in [-0.1, -0.05) is 12.1 Å². The van der Waals surface area contributed by atoms with E-state index in [2.05, 4.69) is 10.3 Å². The summed E-state index contributed by atoms with van der Waals surface area (Å²) < 4.78 is 5.63. The number of ether oxygens (including phenoxy) is 1. The molecule has 1 aromatic carbocycles. The maximum Gasteiger partial charge on any atom is 0.261 e. The summed E-state index contributed by atoms with van der Waals surface area (Å²) >= 11 is 5.69. The Morgan fingerprint density at radius 3 is 2.70 bits per heavy atom. The van der Waals surface area contributed by atoms with Crippen LogP contribution in [0.4, 0.5) is 5.69 Å². The van der Waals surface area contributed by atoms with Gasteiger partial charge in [0.05, 0.1) is 11.6 Å². The minimum absolute atomic E-state index is 0.228. The molecule has 0 saturated heterocycles. The summed E-state index contributed by atoms with van der Waals surface area (Å²) in [7, 11) is 0. The average molecular weight is 333 g/mol. The van der Waals surface area contributed by atoms with E-state index in [4.69, 9.17) is 16.3 Å². The van der Waals surface area contributed by atoms with Crippen molar-refractivity contribution in [3.05, 3.63) is 52.3 Å². The summed E-state index contributed by atoms with van der Waals surface area (Å²) in [5.74, 6) is 0.644. The van der Waals surface area contributed by atoms with Gasteiger partial charge in [-0.15, -0.1) is 11.6 Å². The van der Waals surface area contributed by atoms with Crippen LogP contribution >= 0.6 is 11.6 Å². The van der Waals surface area contributed by atoms with Gasteiger partial charge in [0.15, 0.2) is 0 Å². The van der Waals surface area contributed by atoms with Crippen molar-refractivity contribution in [1.82, 2.24) is 4.98 Å². The SMILES string of the molecule is Cc1cc(OCCCl)c(C(=O)Nc2cccc(C)c2C)c(C)n1. The predicted molar refractivity (Wildman–Crippen MR) is 93.8 cm³/mol. The number of nitrogens with zero attached hydrogens (tertiary/aromatic N) is 1. The fraction of sp³-hybridized carbons (Fsp3) is 0.333. The van der Waals surface area contributed by atoms with Gasteiger partial charge in [-0.25, -0.2) is 0 Å². The Bertz CT molecular complexity index is 729. The summed E-state index contributed by atoms with van der Waals surface area (Å²) in [4.78, 5) is 17.1. The van der Waals surface area contributed by atoms with E-state index in [0.29, 0.717) is 29.5 Å². The van der Waals surface area contributed by atoms with Crippen LogP contribution in [0.5, 0.6) is 5.75 Å². The molecule has 1 aromatic heterocycles. The zero-order valence-electron chi connectivity index (χ0n) is 13.9. The van der Waals surface area contributed by atoms with Crippen molar-refractivity contribution in [2.75, 3.05) is 17.8 Å². The second-order valence-corrected chi connectivity index (χ2v) is 5.84. The van der Waals surface area contributed by atoms with E-state index < -0.39 is 0 Å². The molecular formula is C18H21ClN2O2. The van der Waals surface area contributed by atoms with Crippen molar-refractivity contribution in [2.45, 2.75) is 27.7 Å². The molecule has 0 aliphatic heterocycles. The van der Waals surface area contributed by atoms with E-state index in [1.54, 1.807) is 13.0 Å². The molecule has 1 N–H and O–H groups in total. The Morgan fingerprint density at radius 1 is 1.26 bits per heavy atom. The first-order valence-corrected chi connectivity index (χ1v) is 8.02. The summed E-state index contributed by atoms with van der Waals surface area (Å²) in [6.45, 7) is 8.01. The third-order valence-electron chi connectivity index (χ3n) is 3.71. The number of pyridine rings is 1. The highest BCUT2D eigenvalue weighted by molar-refractivity contribution is 6.18. The number of halogens is 1. The van der Waals surface area contributed by atoms with Crippen LogP contribution in [0.2, 0.25) is 0 Å². The number of carbonyl (C=O) groups excluding carboxylic acids is 1.